The molecular weight excluding hydrogens is 384 g/mol. The Bertz CT molecular complexity index is 1110. The maximum atomic E-state index is 10.5. The van der Waals surface area contributed by atoms with Gasteiger partial charge < -0.3 is 14.9 Å². The number of benzene rings is 4. The Hall–Kier alpha value is -4.24. The smallest absolute Gasteiger partial charge is 0.139 e. The van der Waals surface area contributed by atoms with Crippen molar-refractivity contribution >= 4 is 23.7 Å². The fraction of sp³-hybridized carbons (Fsp3) is 0. The van der Waals surface area contributed by atoms with E-state index in [1.165, 1.54) is 0 Å². The number of hydrogen-bond donors (Lipinski definition) is 2. The molecule has 4 aromatic carbocycles. The number of aromatic hydroxyl groups is 2. The maximum absolute atomic E-state index is 10.5. The zero-order valence-electron chi connectivity index (χ0n) is 16.8. The summed E-state index contributed by atoms with van der Waals surface area (Å²) in [6.07, 6.45) is 3.74. The van der Waals surface area contributed by atoms with Crippen LogP contribution in [0.2, 0.25) is 0 Å². The second-order valence-corrected chi connectivity index (χ2v) is 6.97. The van der Waals surface area contributed by atoms with Crippen molar-refractivity contribution in [2.45, 2.75) is 0 Å². The number of phenols is 2. The SMILES string of the molecule is Oc1ccccc1C(=Cc1ccccc1)OC(=Cc1ccccc1)c1ccccc1O. The average molecular weight is 406 g/mol. The molecule has 4 rings (SSSR count). The molecule has 0 atom stereocenters. The molecule has 4 aromatic rings. The van der Waals surface area contributed by atoms with Crippen molar-refractivity contribution in [3.63, 3.8) is 0 Å². The molecule has 0 aliphatic heterocycles. The zero-order valence-corrected chi connectivity index (χ0v) is 16.8. The van der Waals surface area contributed by atoms with Gasteiger partial charge in [-0.05, 0) is 47.5 Å². The predicted octanol–water partition coefficient (Wildman–Crippen LogP) is 6.81. The molecule has 0 fully saturated rings. The van der Waals surface area contributed by atoms with Crippen LogP contribution in [0.15, 0.2) is 109 Å². The first-order chi connectivity index (χ1) is 15.2. The molecule has 0 amide bonds. The van der Waals surface area contributed by atoms with Gasteiger partial charge in [-0.3, -0.25) is 0 Å². The van der Waals surface area contributed by atoms with Gasteiger partial charge in [-0.1, -0.05) is 84.9 Å². The highest BCUT2D eigenvalue weighted by Crippen LogP contribution is 2.35. The lowest BCUT2D eigenvalue weighted by Gasteiger charge is -2.16. The van der Waals surface area contributed by atoms with E-state index >= 15 is 0 Å². The maximum Gasteiger partial charge on any atom is 0.139 e. The Kier molecular flexibility index (Phi) is 6.15. The van der Waals surface area contributed by atoms with E-state index in [4.69, 9.17) is 4.74 Å². The third kappa shape index (κ3) is 5.03. The van der Waals surface area contributed by atoms with Crippen LogP contribution in [0.25, 0.3) is 23.7 Å². The summed E-state index contributed by atoms with van der Waals surface area (Å²) >= 11 is 0. The standard InChI is InChI=1S/C28H22O3/c29-25-17-9-7-15-23(25)27(19-21-11-3-1-4-12-21)31-28(20-22-13-5-2-6-14-22)24-16-8-10-18-26(24)30/h1-20,29-30H. The van der Waals surface area contributed by atoms with Gasteiger partial charge in [0.25, 0.3) is 0 Å². The van der Waals surface area contributed by atoms with Crippen molar-refractivity contribution < 1.29 is 14.9 Å². The molecule has 0 heterocycles. The van der Waals surface area contributed by atoms with Crippen LogP contribution in [0, 0.1) is 0 Å². The molecule has 3 heteroatoms. The summed E-state index contributed by atoms with van der Waals surface area (Å²) < 4.78 is 6.39. The molecule has 152 valence electrons. The largest absolute Gasteiger partial charge is 0.507 e. The lowest BCUT2D eigenvalue weighted by molar-refractivity contribution is 0.441. The molecule has 0 aliphatic carbocycles. The molecule has 0 spiro atoms. The quantitative estimate of drug-likeness (QED) is 0.273. The van der Waals surface area contributed by atoms with Gasteiger partial charge in [-0.15, -0.1) is 0 Å². The Balaban J connectivity index is 1.85. The second-order valence-electron chi connectivity index (χ2n) is 6.97. The minimum Gasteiger partial charge on any atom is -0.507 e. The third-order valence-corrected chi connectivity index (χ3v) is 4.75. The lowest BCUT2D eigenvalue weighted by atomic mass is 10.1. The van der Waals surface area contributed by atoms with E-state index in [1.54, 1.807) is 36.4 Å². The summed E-state index contributed by atoms with van der Waals surface area (Å²) in [5.41, 5.74) is 2.97. The minimum atomic E-state index is 0.112. The first-order valence-corrected chi connectivity index (χ1v) is 9.99. The van der Waals surface area contributed by atoms with Crippen LogP contribution >= 0.6 is 0 Å². The first-order valence-electron chi connectivity index (χ1n) is 9.99. The van der Waals surface area contributed by atoms with Crippen molar-refractivity contribution in [3.05, 3.63) is 131 Å². The summed E-state index contributed by atoms with van der Waals surface area (Å²) in [5.74, 6) is 1.16. The summed E-state index contributed by atoms with van der Waals surface area (Å²) in [5, 5.41) is 21.0. The molecule has 0 aliphatic rings. The summed E-state index contributed by atoms with van der Waals surface area (Å²) in [7, 11) is 0. The monoisotopic (exact) mass is 406 g/mol. The van der Waals surface area contributed by atoms with Gasteiger partial charge in [0.1, 0.15) is 23.0 Å². The Morgan fingerprint density at radius 2 is 0.839 bits per heavy atom. The fourth-order valence-electron chi connectivity index (χ4n) is 3.21. The summed E-state index contributed by atoms with van der Waals surface area (Å²) in [4.78, 5) is 0. The van der Waals surface area contributed by atoms with Gasteiger partial charge in [-0.2, -0.15) is 0 Å². The molecule has 0 radical (unpaired) electrons. The van der Waals surface area contributed by atoms with Gasteiger partial charge >= 0.3 is 0 Å². The van der Waals surface area contributed by atoms with Gasteiger partial charge in [0, 0.05) is 0 Å². The highest BCUT2D eigenvalue weighted by molar-refractivity contribution is 5.87. The molecule has 0 bridgehead atoms. The number of rotatable bonds is 6. The average Bonchev–Trinajstić information content (AvgIpc) is 2.80. The zero-order chi connectivity index (χ0) is 21.5. The van der Waals surface area contributed by atoms with Crippen molar-refractivity contribution in [3.8, 4) is 11.5 Å². The van der Waals surface area contributed by atoms with Gasteiger partial charge in [0.05, 0.1) is 11.1 Å². The van der Waals surface area contributed by atoms with Gasteiger partial charge in [0.15, 0.2) is 0 Å². The third-order valence-electron chi connectivity index (χ3n) is 4.75. The van der Waals surface area contributed by atoms with E-state index in [0.717, 1.165) is 11.1 Å². The number of ether oxygens (including phenoxy) is 1. The molecule has 0 unspecified atom stereocenters. The van der Waals surface area contributed by atoms with E-state index in [0.29, 0.717) is 22.6 Å². The lowest BCUT2D eigenvalue weighted by Crippen LogP contribution is -1.95. The fourth-order valence-corrected chi connectivity index (χ4v) is 3.21. The predicted molar refractivity (Wildman–Crippen MR) is 126 cm³/mol. The Labute approximate surface area is 181 Å². The highest BCUT2D eigenvalue weighted by Gasteiger charge is 2.15. The molecule has 0 saturated heterocycles. The topological polar surface area (TPSA) is 49.7 Å². The van der Waals surface area contributed by atoms with Crippen LogP contribution in [0.3, 0.4) is 0 Å². The number of phenolic OH excluding ortho intramolecular Hbond substituents is 2. The minimum absolute atomic E-state index is 0.112. The van der Waals surface area contributed by atoms with Crippen LogP contribution in [0.4, 0.5) is 0 Å². The first kappa shape index (κ1) is 20.0. The van der Waals surface area contributed by atoms with E-state index < -0.39 is 0 Å². The van der Waals surface area contributed by atoms with E-state index in [1.807, 2.05) is 84.9 Å². The van der Waals surface area contributed by atoms with Gasteiger partial charge in [-0.25, -0.2) is 0 Å². The molecule has 0 aromatic heterocycles. The normalized spacial score (nSPS) is 11.9. The second kappa shape index (κ2) is 9.51. The van der Waals surface area contributed by atoms with Crippen LogP contribution < -0.4 is 0 Å². The van der Waals surface area contributed by atoms with Crippen LogP contribution in [-0.4, -0.2) is 10.2 Å². The van der Waals surface area contributed by atoms with Crippen LogP contribution in [-0.2, 0) is 4.74 Å². The number of para-hydroxylation sites is 2. The van der Waals surface area contributed by atoms with Gasteiger partial charge in [0.2, 0.25) is 0 Å². The molecule has 31 heavy (non-hydrogen) atoms. The molecular formula is C28H22O3. The van der Waals surface area contributed by atoms with Crippen LogP contribution in [0.1, 0.15) is 22.3 Å². The van der Waals surface area contributed by atoms with E-state index in [-0.39, 0.29) is 11.5 Å². The molecule has 0 saturated carbocycles. The van der Waals surface area contributed by atoms with Crippen LogP contribution in [0.5, 0.6) is 11.5 Å². The molecule has 2 N–H and O–H groups in total. The van der Waals surface area contributed by atoms with Crippen molar-refractivity contribution in [2.75, 3.05) is 0 Å². The highest BCUT2D eigenvalue weighted by atomic mass is 16.5. The van der Waals surface area contributed by atoms with E-state index in [2.05, 4.69) is 0 Å². The van der Waals surface area contributed by atoms with E-state index in [9.17, 15) is 10.2 Å². The summed E-state index contributed by atoms with van der Waals surface area (Å²) in [6.45, 7) is 0. The van der Waals surface area contributed by atoms with Crippen molar-refractivity contribution in [1.29, 1.82) is 0 Å². The van der Waals surface area contributed by atoms with Crippen molar-refractivity contribution in [2.24, 2.45) is 0 Å². The Morgan fingerprint density at radius 1 is 0.484 bits per heavy atom. The number of hydrogen-bond acceptors (Lipinski definition) is 3. The Morgan fingerprint density at radius 3 is 1.23 bits per heavy atom. The molecule has 3 nitrogen and oxygen atoms in total. The summed E-state index contributed by atoms with van der Waals surface area (Å²) in [6, 6.07) is 33.6. The van der Waals surface area contributed by atoms with Crippen molar-refractivity contribution in [1.82, 2.24) is 0 Å².